The third-order valence-electron chi connectivity index (χ3n) is 4.28. The summed E-state index contributed by atoms with van der Waals surface area (Å²) in [7, 11) is 0. The van der Waals surface area contributed by atoms with Crippen LogP contribution in [0.5, 0.6) is 0 Å². The van der Waals surface area contributed by atoms with Gasteiger partial charge in [-0.05, 0) is 41.7 Å². The van der Waals surface area contributed by atoms with E-state index in [9.17, 15) is 0 Å². The number of aromatic nitrogens is 1. The van der Waals surface area contributed by atoms with Gasteiger partial charge in [-0.2, -0.15) is 0 Å². The summed E-state index contributed by atoms with van der Waals surface area (Å²) in [4.78, 5) is 4.65. The lowest BCUT2D eigenvalue weighted by molar-refractivity contribution is 0.778. The summed E-state index contributed by atoms with van der Waals surface area (Å²) in [6.07, 6.45) is 5.46. The minimum atomic E-state index is 0.199. The summed E-state index contributed by atoms with van der Waals surface area (Å²) in [6, 6.07) is 25.7. The molecule has 1 nitrogen and oxygen atoms in total. The van der Waals surface area contributed by atoms with E-state index in [2.05, 4.69) is 78.6 Å². The Morgan fingerprint density at radius 3 is 2.30 bits per heavy atom. The molecule has 0 fully saturated rings. The predicted molar refractivity (Wildman–Crippen MR) is 96.7 cm³/mol. The molecule has 0 saturated carbocycles. The molecule has 23 heavy (non-hydrogen) atoms. The molecule has 3 aromatic rings. The lowest BCUT2D eigenvalue weighted by Crippen LogP contribution is -2.08. The van der Waals surface area contributed by atoms with Crippen LogP contribution in [-0.2, 0) is 6.42 Å². The summed E-state index contributed by atoms with van der Waals surface area (Å²) in [5.41, 5.74) is 5.23. The molecule has 1 heteroatoms. The average molecular weight is 301 g/mol. The van der Waals surface area contributed by atoms with Crippen LogP contribution in [0, 0.1) is 0 Å². The molecule has 0 N–H and O–H groups in total. The van der Waals surface area contributed by atoms with Gasteiger partial charge in [0.2, 0.25) is 0 Å². The Bertz CT molecular complexity index is 680. The highest BCUT2D eigenvalue weighted by molar-refractivity contribution is 5.44. The van der Waals surface area contributed by atoms with E-state index in [0.29, 0.717) is 0 Å². The molecule has 0 bridgehead atoms. The maximum atomic E-state index is 4.65. The highest BCUT2D eigenvalue weighted by Gasteiger charge is 2.20. The van der Waals surface area contributed by atoms with Gasteiger partial charge in [-0.3, -0.25) is 4.98 Å². The normalized spacial score (nSPS) is 12.0. The molecule has 0 unspecified atom stereocenters. The van der Waals surface area contributed by atoms with Crippen molar-refractivity contribution in [1.29, 1.82) is 0 Å². The second-order valence-electron chi connectivity index (χ2n) is 5.90. The smallest absolute Gasteiger partial charge is 0.0522 e. The van der Waals surface area contributed by atoms with E-state index < -0.39 is 0 Å². The van der Waals surface area contributed by atoms with Crippen molar-refractivity contribution in [3.8, 4) is 0 Å². The molecule has 116 valence electrons. The lowest BCUT2D eigenvalue weighted by atomic mass is 9.84. The molecule has 3 rings (SSSR count). The van der Waals surface area contributed by atoms with E-state index in [4.69, 9.17) is 0 Å². The fourth-order valence-corrected chi connectivity index (χ4v) is 3.11. The van der Waals surface area contributed by atoms with Crippen LogP contribution >= 0.6 is 0 Å². The molecule has 0 aliphatic rings. The molecule has 1 heterocycles. The molecule has 0 radical (unpaired) electrons. The molecule has 2 aromatic carbocycles. The lowest BCUT2D eigenvalue weighted by Gasteiger charge is -2.21. The van der Waals surface area contributed by atoms with E-state index in [1.54, 1.807) is 0 Å². The molecule has 0 aliphatic carbocycles. The van der Waals surface area contributed by atoms with Crippen molar-refractivity contribution in [1.82, 2.24) is 4.98 Å². The van der Waals surface area contributed by atoms with Crippen molar-refractivity contribution in [3.05, 3.63) is 101 Å². The largest absolute Gasteiger partial charge is 0.260 e. The van der Waals surface area contributed by atoms with Crippen molar-refractivity contribution >= 4 is 0 Å². The summed E-state index contributed by atoms with van der Waals surface area (Å²) in [6.45, 7) is 2.25. The number of pyridine rings is 1. The molecule has 0 saturated heterocycles. The van der Waals surface area contributed by atoms with Gasteiger partial charge in [0, 0.05) is 6.20 Å². The number of unbranched alkanes of at least 4 members (excludes halogenated alkanes) is 1. The van der Waals surface area contributed by atoms with Gasteiger partial charge in [0.05, 0.1) is 11.6 Å². The van der Waals surface area contributed by atoms with E-state index in [-0.39, 0.29) is 5.92 Å². The first-order chi connectivity index (χ1) is 11.4. The number of nitrogens with zero attached hydrogens (tertiary/aromatic N) is 1. The van der Waals surface area contributed by atoms with Crippen LogP contribution in [0.2, 0.25) is 0 Å². The summed E-state index contributed by atoms with van der Waals surface area (Å²) in [5.74, 6) is 0.199. The standard InChI is InChI=1S/C22H23N/c1-2-3-11-18-12-7-8-15-20(18)22(19-13-5-4-6-14-19)21-16-9-10-17-23-21/h4-10,12-17,22H,2-3,11H2,1H3/t22-/m0/s1. The summed E-state index contributed by atoms with van der Waals surface area (Å²) in [5, 5.41) is 0. The third kappa shape index (κ3) is 3.68. The van der Waals surface area contributed by atoms with Gasteiger partial charge >= 0.3 is 0 Å². The van der Waals surface area contributed by atoms with Crippen LogP contribution in [-0.4, -0.2) is 4.98 Å². The topological polar surface area (TPSA) is 12.9 Å². The van der Waals surface area contributed by atoms with Gasteiger partial charge in [-0.25, -0.2) is 0 Å². The quantitative estimate of drug-likeness (QED) is 0.577. The average Bonchev–Trinajstić information content (AvgIpc) is 2.63. The number of rotatable bonds is 6. The fraction of sp³-hybridized carbons (Fsp3) is 0.227. The molecule has 0 spiro atoms. The van der Waals surface area contributed by atoms with Crippen molar-refractivity contribution < 1.29 is 0 Å². The van der Waals surface area contributed by atoms with E-state index >= 15 is 0 Å². The SMILES string of the molecule is CCCCc1ccccc1[C@H](c1ccccc1)c1ccccn1. The van der Waals surface area contributed by atoms with Crippen LogP contribution in [0.25, 0.3) is 0 Å². The van der Waals surface area contributed by atoms with Gasteiger partial charge in [0.25, 0.3) is 0 Å². The minimum absolute atomic E-state index is 0.199. The highest BCUT2D eigenvalue weighted by Crippen LogP contribution is 2.33. The first kappa shape index (κ1) is 15.5. The Balaban J connectivity index is 2.10. The van der Waals surface area contributed by atoms with E-state index in [0.717, 1.165) is 12.1 Å². The zero-order chi connectivity index (χ0) is 15.9. The number of hydrogen-bond donors (Lipinski definition) is 0. The zero-order valence-corrected chi connectivity index (χ0v) is 13.7. The summed E-state index contributed by atoms with van der Waals surface area (Å²) < 4.78 is 0. The molecule has 1 atom stereocenters. The molecule has 1 aromatic heterocycles. The Hall–Kier alpha value is -2.41. The maximum Gasteiger partial charge on any atom is 0.0522 e. The van der Waals surface area contributed by atoms with Gasteiger partial charge in [0.15, 0.2) is 0 Å². The Morgan fingerprint density at radius 1 is 0.826 bits per heavy atom. The van der Waals surface area contributed by atoms with Crippen LogP contribution in [0.4, 0.5) is 0 Å². The van der Waals surface area contributed by atoms with Crippen molar-refractivity contribution in [3.63, 3.8) is 0 Å². The van der Waals surface area contributed by atoms with Gasteiger partial charge in [-0.15, -0.1) is 0 Å². The van der Waals surface area contributed by atoms with Gasteiger partial charge < -0.3 is 0 Å². The number of hydrogen-bond acceptors (Lipinski definition) is 1. The van der Waals surface area contributed by atoms with Gasteiger partial charge in [0.1, 0.15) is 0 Å². The van der Waals surface area contributed by atoms with Crippen LogP contribution in [0.1, 0.15) is 48.1 Å². The Morgan fingerprint density at radius 2 is 1.57 bits per heavy atom. The second kappa shape index (κ2) is 7.73. The fourth-order valence-electron chi connectivity index (χ4n) is 3.11. The zero-order valence-electron chi connectivity index (χ0n) is 13.7. The Labute approximate surface area is 139 Å². The number of benzene rings is 2. The monoisotopic (exact) mass is 301 g/mol. The molecule has 0 aliphatic heterocycles. The second-order valence-corrected chi connectivity index (χ2v) is 5.90. The van der Waals surface area contributed by atoms with Crippen molar-refractivity contribution in [2.45, 2.75) is 32.1 Å². The van der Waals surface area contributed by atoms with Gasteiger partial charge in [-0.1, -0.05) is 74.0 Å². The third-order valence-corrected chi connectivity index (χ3v) is 4.28. The van der Waals surface area contributed by atoms with Crippen molar-refractivity contribution in [2.24, 2.45) is 0 Å². The highest BCUT2D eigenvalue weighted by atomic mass is 14.7. The van der Waals surface area contributed by atoms with Crippen LogP contribution in [0.15, 0.2) is 79.0 Å². The van der Waals surface area contributed by atoms with E-state index in [1.165, 1.54) is 29.5 Å². The van der Waals surface area contributed by atoms with Crippen LogP contribution in [0.3, 0.4) is 0 Å². The van der Waals surface area contributed by atoms with Crippen molar-refractivity contribution in [2.75, 3.05) is 0 Å². The maximum absolute atomic E-state index is 4.65. The molecule has 0 amide bonds. The molecular formula is C22H23N. The minimum Gasteiger partial charge on any atom is -0.260 e. The predicted octanol–water partition coefficient (Wildman–Crippen LogP) is 5.60. The number of aryl methyl sites for hydroxylation is 1. The van der Waals surface area contributed by atoms with E-state index in [1.807, 2.05) is 12.3 Å². The first-order valence-electron chi connectivity index (χ1n) is 8.44. The Kier molecular flexibility index (Phi) is 5.21. The molecular weight excluding hydrogens is 278 g/mol. The first-order valence-corrected chi connectivity index (χ1v) is 8.44. The summed E-state index contributed by atoms with van der Waals surface area (Å²) >= 11 is 0. The van der Waals surface area contributed by atoms with Crippen LogP contribution < -0.4 is 0 Å².